The van der Waals surface area contributed by atoms with Crippen molar-refractivity contribution in [3.05, 3.63) is 70.7 Å². The van der Waals surface area contributed by atoms with E-state index < -0.39 is 5.41 Å². The van der Waals surface area contributed by atoms with Gasteiger partial charge in [-0.05, 0) is 48.7 Å². The molecule has 1 N–H and O–H groups in total. The van der Waals surface area contributed by atoms with E-state index in [1.54, 1.807) is 18.2 Å². The second-order valence-corrected chi connectivity index (χ2v) is 7.90. The van der Waals surface area contributed by atoms with Crippen LogP contribution in [0, 0.1) is 5.82 Å². The summed E-state index contributed by atoms with van der Waals surface area (Å²) in [4.78, 5) is 30.6. The van der Waals surface area contributed by atoms with Crippen molar-refractivity contribution in [1.82, 2.24) is 9.88 Å². The van der Waals surface area contributed by atoms with E-state index in [2.05, 4.69) is 4.98 Å². The van der Waals surface area contributed by atoms with Gasteiger partial charge in [-0.25, -0.2) is 9.18 Å². The summed E-state index contributed by atoms with van der Waals surface area (Å²) in [6, 6.07) is 11.8. The van der Waals surface area contributed by atoms with Gasteiger partial charge < -0.3 is 14.6 Å². The van der Waals surface area contributed by atoms with Gasteiger partial charge >= 0.3 is 5.97 Å². The van der Waals surface area contributed by atoms with Crippen molar-refractivity contribution in [2.24, 2.45) is 0 Å². The lowest BCUT2D eigenvalue weighted by molar-refractivity contribution is -0.134. The molecule has 0 spiro atoms. The first-order valence-corrected chi connectivity index (χ1v) is 9.79. The number of esters is 1. The molecular formula is C23H21FN2O3. The molecule has 1 aliphatic heterocycles. The standard InChI is InChI=1S/C23H21FN2O3/c1-29-21(27)14-2-7-19-17(12-14)18-13-26(11-8-20(18)25-19)22(28)23(9-10-23)15-3-5-16(24)6-4-15/h2-7,12,25H,8-11,13H2,1H3. The molecule has 2 aromatic carbocycles. The Labute approximate surface area is 167 Å². The molecule has 29 heavy (non-hydrogen) atoms. The SMILES string of the molecule is COC(=O)c1ccc2[nH]c3c(c2c1)CN(C(=O)C1(c2ccc(F)cc2)CC1)CC3. The maximum Gasteiger partial charge on any atom is 0.337 e. The van der Waals surface area contributed by atoms with Gasteiger partial charge in [0.1, 0.15) is 5.82 Å². The zero-order valence-corrected chi connectivity index (χ0v) is 16.1. The quantitative estimate of drug-likeness (QED) is 0.691. The van der Waals surface area contributed by atoms with Crippen LogP contribution in [0.4, 0.5) is 4.39 Å². The summed E-state index contributed by atoms with van der Waals surface area (Å²) < 4.78 is 18.1. The molecule has 6 heteroatoms. The molecule has 1 saturated carbocycles. The highest BCUT2D eigenvalue weighted by Crippen LogP contribution is 2.50. The first-order chi connectivity index (χ1) is 14.0. The average molecular weight is 392 g/mol. The molecule has 1 fully saturated rings. The number of methoxy groups -OCH3 is 1. The summed E-state index contributed by atoms with van der Waals surface area (Å²) in [5.74, 6) is -0.563. The molecule has 1 amide bonds. The maximum absolute atomic E-state index is 13.4. The van der Waals surface area contributed by atoms with E-state index in [-0.39, 0.29) is 17.7 Å². The van der Waals surface area contributed by atoms with Gasteiger partial charge in [0, 0.05) is 41.7 Å². The van der Waals surface area contributed by atoms with Crippen LogP contribution in [-0.4, -0.2) is 35.4 Å². The van der Waals surface area contributed by atoms with Crippen LogP contribution in [0.25, 0.3) is 10.9 Å². The van der Waals surface area contributed by atoms with Crippen molar-refractivity contribution in [3.63, 3.8) is 0 Å². The lowest BCUT2D eigenvalue weighted by atomic mass is 9.93. The normalized spacial score (nSPS) is 17.1. The average Bonchev–Trinajstić information content (AvgIpc) is 3.48. The Morgan fingerprint density at radius 1 is 1.14 bits per heavy atom. The minimum atomic E-state index is -0.519. The molecule has 0 bridgehead atoms. The maximum atomic E-state index is 13.4. The fraction of sp³-hybridized carbons (Fsp3) is 0.304. The van der Waals surface area contributed by atoms with Crippen LogP contribution < -0.4 is 0 Å². The van der Waals surface area contributed by atoms with Crippen molar-refractivity contribution in [3.8, 4) is 0 Å². The topological polar surface area (TPSA) is 62.4 Å². The number of nitrogens with zero attached hydrogens (tertiary/aromatic N) is 1. The second kappa shape index (κ2) is 6.44. The number of H-pyrrole nitrogens is 1. The van der Waals surface area contributed by atoms with Crippen LogP contribution in [0.3, 0.4) is 0 Å². The van der Waals surface area contributed by atoms with Gasteiger partial charge in [-0.3, -0.25) is 4.79 Å². The summed E-state index contributed by atoms with van der Waals surface area (Å²) in [5.41, 5.74) is 3.99. The monoisotopic (exact) mass is 392 g/mol. The van der Waals surface area contributed by atoms with Crippen molar-refractivity contribution >= 4 is 22.8 Å². The van der Waals surface area contributed by atoms with E-state index >= 15 is 0 Å². The Morgan fingerprint density at radius 2 is 1.90 bits per heavy atom. The molecule has 3 aromatic rings. The minimum Gasteiger partial charge on any atom is -0.465 e. The molecule has 0 atom stereocenters. The van der Waals surface area contributed by atoms with E-state index in [9.17, 15) is 14.0 Å². The Balaban J connectivity index is 1.46. The molecular weight excluding hydrogens is 371 g/mol. The summed E-state index contributed by atoms with van der Waals surface area (Å²) in [7, 11) is 1.37. The second-order valence-electron chi connectivity index (χ2n) is 7.90. The smallest absolute Gasteiger partial charge is 0.337 e. The zero-order valence-electron chi connectivity index (χ0n) is 16.1. The van der Waals surface area contributed by atoms with Crippen LogP contribution in [0.2, 0.25) is 0 Å². The van der Waals surface area contributed by atoms with Gasteiger partial charge in [0.15, 0.2) is 0 Å². The van der Waals surface area contributed by atoms with E-state index in [0.29, 0.717) is 18.7 Å². The molecule has 1 aliphatic carbocycles. The molecule has 2 aliphatic rings. The molecule has 5 rings (SSSR count). The summed E-state index contributed by atoms with van der Waals surface area (Å²) in [5, 5.41) is 0.951. The van der Waals surface area contributed by atoms with Crippen LogP contribution in [-0.2, 0) is 27.9 Å². The number of carbonyl (C=O) groups excluding carboxylic acids is 2. The molecule has 5 nitrogen and oxygen atoms in total. The Bertz CT molecular complexity index is 1130. The van der Waals surface area contributed by atoms with Crippen LogP contribution in [0.1, 0.15) is 40.0 Å². The number of hydrogen-bond acceptors (Lipinski definition) is 3. The Morgan fingerprint density at radius 3 is 2.59 bits per heavy atom. The number of aromatic amines is 1. The number of halogens is 1. The number of benzene rings is 2. The van der Waals surface area contributed by atoms with E-state index in [0.717, 1.165) is 47.0 Å². The van der Waals surface area contributed by atoms with Crippen molar-refractivity contribution in [2.45, 2.75) is 31.2 Å². The number of fused-ring (bicyclic) bond motifs is 3. The fourth-order valence-corrected chi connectivity index (χ4v) is 4.45. The largest absolute Gasteiger partial charge is 0.465 e. The van der Waals surface area contributed by atoms with Crippen molar-refractivity contribution in [1.29, 1.82) is 0 Å². The van der Waals surface area contributed by atoms with E-state index in [1.165, 1.54) is 19.2 Å². The number of rotatable bonds is 3. The third-order valence-electron chi connectivity index (χ3n) is 6.24. The molecule has 0 unspecified atom stereocenters. The highest BCUT2D eigenvalue weighted by Gasteiger charge is 2.53. The first kappa shape index (κ1) is 17.9. The van der Waals surface area contributed by atoms with Gasteiger partial charge in [-0.2, -0.15) is 0 Å². The zero-order chi connectivity index (χ0) is 20.2. The highest BCUT2D eigenvalue weighted by atomic mass is 19.1. The van der Waals surface area contributed by atoms with E-state index in [4.69, 9.17) is 4.74 Å². The van der Waals surface area contributed by atoms with Gasteiger partial charge in [0.05, 0.1) is 18.1 Å². The lowest BCUT2D eigenvalue weighted by Crippen LogP contribution is -2.42. The number of ether oxygens (including phenoxy) is 1. The Kier molecular flexibility index (Phi) is 3.98. The predicted octanol–water partition coefficient (Wildman–Crippen LogP) is 3.71. The molecule has 0 radical (unpaired) electrons. The molecule has 148 valence electrons. The number of carbonyl (C=O) groups is 2. The number of nitrogens with one attached hydrogen (secondary N) is 1. The Hall–Kier alpha value is -3.15. The van der Waals surface area contributed by atoms with Crippen LogP contribution in [0.5, 0.6) is 0 Å². The van der Waals surface area contributed by atoms with Crippen molar-refractivity contribution in [2.75, 3.05) is 13.7 Å². The molecule has 2 heterocycles. The first-order valence-electron chi connectivity index (χ1n) is 9.79. The van der Waals surface area contributed by atoms with Gasteiger partial charge in [-0.15, -0.1) is 0 Å². The highest BCUT2D eigenvalue weighted by molar-refractivity contribution is 5.97. The van der Waals surface area contributed by atoms with Gasteiger partial charge in [0.2, 0.25) is 5.91 Å². The van der Waals surface area contributed by atoms with Gasteiger partial charge in [-0.1, -0.05) is 12.1 Å². The molecule has 0 saturated heterocycles. The number of aromatic nitrogens is 1. The number of amides is 1. The predicted molar refractivity (Wildman–Crippen MR) is 106 cm³/mol. The summed E-state index contributed by atoms with van der Waals surface area (Å²) >= 11 is 0. The number of hydrogen-bond donors (Lipinski definition) is 1. The lowest BCUT2D eigenvalue weighted by Gasteiger charge is -2.31. The van der Waals surface area contributed by atoms with E-state index in [1.807, 2.05) is 17.0 Å². The summed E-state index contributed by atoms with van der Waals surface area (Å²) in [6.45, 7) is 1.15. The van der Waals surface area contributed by atoms with Crippen molar-refractivity contribution < 1.29 is 18.7 Å². The third kappa shape index (κ3) is 2.82. The van der Waals surface area contributed by atoms with Crippen LogP contribution >= 0.6 is 0 Å². The summed E-state index contributed by atoms with van der Waals surface area (Å²) in [6.07, 6.45) is 2.32. The fourth-order valence-electron chi connectivity index (χ4n) is 4.45. The minimum absolute atomic E-state index is 0.105. The molecule has 1 aromatic heterocycles. The third-order valence-corrected chi connectivity index (χ3v) is 6.24. The van der Waals surface area contributed by atoms with Crippen LogP contribution in [0.15, 0.2) is 42.5 Å². The van der Waals surface area contributed by atoms with Gasteiger partial charge in [0.25, 0.3) is 0 Å².